The number of para-hydroxylation sites is 1. The Balaban J connectivity index is 0.000000202. The van der Waals surface area contributed by atoms with E-state index < -0.39 is 5.91 Å². The van der Waals surface area contributed by atoms with Crippen molar-refractivity contribution < 1.29 is 19.4 Å². The number of anilines is 1. The molecule has 0 radical (unpaired) electrons. The van der Waals surface area contributed by atoms with E-state index in [0.29, 0.717) is 18.1 Å². The Hall–Kier alpha value is -4.90. The summed E-state index contributed by atoms with van der Waals surface area (Å²) in [5.41, 5.74) is 9.62. The maximum Gasteiger partial charge on any atom is 0.255 e. The molecule has 2 heterocycles. The van der Waals surface area contributed by atoms with Crippen LogP contribution in [0, 0.1) is 6.92 Å². The Morgan fingerprint density at radius 3 is 2.51 bits per heavy atom. The number of nitrogens with zero attached hydrogens (tertiary/aromatic N) is 4. The lowest BCUT2D eigenvalue weighted by Gasteiger charge is -2.14. The molecule has 5 N–H and O–H groups in total. The van der Waals surface area contributed by atoms with Gasteiger partial charge in [0.25, 0.3) is 5.91 Å². The van der Waals surface area contributed by atoms with Crippen LogP contribution in [0.4, 0.5) is 5.69 Å². The van der Waals surface area contributed by atoms with E-state index in [1.807, 2.05) is 54.0 Å². The summed E-state index contributed by atoms with van der Waals surface area (Å²) < 4.78 is 7.45. The Kier molecular flexibility index (Phi) is 9.20. The van der Waals surface area contributed by atoms with E-state index in [9.17, 15) is 14.7 Å². The molecule has 4 aromatic rings. The first kappa shape index (κ1) is 29.1. The Bertz CT molecular complexity index is 1600. The molecule has 0 saturated carbocycles. The summed E-state index contributed by atoms with van der Waals surface area (Å²) in [6.45, 7) is 4.43. The second-order valence-electron chi connectivity index (χ2n) is 9.04. The Labute approximate surface area is 242 Å². The Morgan fingerprint density at radius 1 is 1.07 bits per heavy atom. The van der Waals surface area contributed by atoms with E-state index in [1.165, 1.54) is 19.1 Å². The first-order valence-corrected chi connectivity index (χ1v) is 13.1. The summed E-state index contributed by atoms with van der Waals surface area (Å²) in [6.07, 6.45) is 0. The van der Waals surface area contributed by atoms with Gasteiger partial charge in [0, 0.05) is 36.2 Å². The number of phenolic OH excluding ortho intramolecular Hbond substituents is 1. The molecule has 0 bridgehead atoms. The minimum atomic E-state index is -0.430. The van der Waals surface area contributed by atoms with E-state index in [-0.39, 0.29) is 29.5 Å². The summed E-state index contributed by atoms with van der Waals surface area (Å²) in [6, 6.07) is 18.2. The fraction of sp³-hybridized carbons (Fsp3) is 0.207. The fourth-order valence-corrected chi connectivity index (χ4v) is 4.32. The van der Waals surface area contributed by atoms with Crippen molar-refractivity contribution in [3.8, 4) is 17.2 Å². The second-order valence-corrected chi connectivity index (χ2v) is 9.47. The van der Waals surface area contributed by atoms with Crippen LogP contribution in [0.15, 0.2) is 65.7 Å². The standard InChI is InChI=1S/C18H15ClN4O.C11H15N3O3/c1-11-21-22-17-10-20-18(12-3-5-13(19)6-4-12)15-9-14(24-2)7-8-16(15)23(11)17;1-7(15)13-5-6-14-11(17)8-3-2-4-9(12)10(8)16/h3-9H,10H2,1-2H3;2-4,16H,5-6,12H2,1H3,(H,13,15)(H,14,17). The van der Waals surface area contributed by atoms with E-state index in [2.05, 4.69) is 20.8 Å². The van der Waals surface area contributed by atoms with Gasteiger partial charge in [0.05, 0.1) is 29.8 Å². The van der Waals surface area contributed by atoms with Crippen LogP contribution in [0.1, 0.15) is 40.1 Å². The highest BCUT2D eigenvalue weighted by atomic mass is 35.5. The monoisotopic (exact) mass is 575 g/mol. The molecule has 11 nitrogen and oxygen atoms in total. The molecule has 0 saturated heterocycles. The molecule has 1 aliphatic heterocycles. The van der Waals surface area contributed by atoms with E-state index in [1.54, 1.807) is 13.2 Å². The molecule has 5 rings (SSSR count). The molecular weight excluding hydrogens is 546 g/mol. The van der Waals surface area contributed by atoms with Crippen LogP contribution in [-0.4, -0.2) is 57.6 Å². The summed E-state index contributed by atoms with van der Waals surface area (Å²) in [5.74, 6) is 1.62. The Morgan fingerprint density at radius 2 is 1.80 bits per heavy atom. The van der Waals surface area contributed by atoms with E-state index >= 15 is 0 Å². The number of ether oxygens (including phenoxy) is 1. The van der Waals surface area contributed by atoms with Gasteiger partial charge >= 0.3 is 0 Å². The molecule has 41 heavy (non-hydrogen) atoms. The average molecular weight is 576 g/mol. The molecule has 1 aromatic heterocycles. The predicted octanol–water partition coefficient (Wildman–Crippen LogP) is 3.43. The number of aryl methyl sites for hydroxylation is 1. The third kappa shape index (κ3) is 6.82. The lowest BCUT2D eigenvalue weighted by molar-refractivity contribution is -0.118. The quantitative estimate of drug-likeness (QED) is 0.156. The van der Waals surface area contributed by atoms with Gasteiger partial charge in [-0.15, -0.1) is 10.2 Å². The van der Waals surface area contributed by atoms with Crippen LogP contribution in [-0.2, 0) is 11.3 Å². The maximum absolute atomic E-state index is 11.6. The van der Waals surface area contributed by atoms with Gasteiger partial charge in [-0.2, -0.15) is 0 Å². The van der Waals surface area contributed by atoms with Gasteiger partial charge in [0.1, 0.15) is 18.1 Å². The minimum Gasteiger partial charge on any atom is -0.505 e. The summed E-state index contributed by atoms with van der Waals surface area (Å²) in [5, 5.41) is 23.8. The van der Waals surface area contributed by atoms with Crippen LogP contribution in [0.5, 0.6) is 11.5 Å². The van der Waals surface area contributed by atoms with Gasteiger partial charge in [-0.1, -0.05) is 29.8 Å². The zero-order valence-electron chi connectivity index (χ0n) is 22.8. The number of methoxy groups -OCH3 is 1. The first-order chi connectivity index (χ1) is 19.7. The molecule has 3 aromatic carbocycles. The van der Waals surface area contributed by atoms with Crippen LogP contribution in [0.3, 0.4) is 0 Å². The molecular formula is C29H30ClN7O4. The highest BCUT2D eigenvalue weighted by molar-refractivity contribution is 6.30. The number of phenols is 1. The lowest BCUT2D eigenvalue weighted by Crippen LogP contribution is -2.33. The van der Waals surface area contributed by atoms with Crippen molar-refractivity contribution >= 4 is 34.8 Å². The van der Waals surface area contributed by atoms with Crippen molar-refractivity contribution in [3.63, 3.8) is 0 Å². The van der Waals surface area contributed by atoms with Crippen molar-refractivity contribution in [1.82, 2.24) is 25.4 Å². The molecule has 2 amide bonds. The molecule has 0 spiro atoms. The number of fused-ring (bicyclic) bond motifs is 3. The molecule has 0 fully saturated rings. The van der Waals surface area contributed by atoms with Crippen LogP contribution in [0.25, 0.3) is 5.69 Å². The number of aliphatic imine (C=N–C) groups is 1. The van der Waals surface area contributed by atoms with Crippen LogP contribution in [0.2, 0.25) is 5.02 Å². The van der Waals surface area contributed by atoms with Gasteiger partial charge in [-0.05, 0) is 49.4 Å². The minimum absolute atomic E-state index is 0.118. The third-order valence-electron chi connectivity index (χ3n) is 6.18. The summed E-state index contributed by atoms with van der Waals surface area (Å²) >= 11 is 6.02. The zero-order valence-corrected chi connectivity index (χ0v) is 23.6. The van der Waals surface area contributed by atoms with Crippen molar-refractivity contribution in [2.45, 2.75) is 20.4 Å². The molecule has 12 heteroatoms. The number of hydrogen-bond donors (Lipinski definition) is 4. The van der Waals surface area contributed by atoms with Crippen LogP contribution < -0.4 is 21.1 Å². The van der Waals surface area contributed by atoms with Gasteiger partial charge in [-0.3, -0.25) is 19.1 Å². The number of nitrogen functional groups attached to an aromatic ring is 1. The molecule has 0 atom stereocenters. The third-order valence-corrected chi connectivity index (χ3v) is 6.44. The highest BCUT2D eigenvalue weighted by Crippen LogP contribution is 2.29. The van der Waals surface area contributed by atoms with E-state index in [0.717, 1.165) is 39.9 Å². The average Bonchev–Trinajstić information content (AvgIpc) is 3.24. The van der Waals surface area contributed by atoms with Crippen LogP contribution >= 0.6 is 11.6 Å². The maximum atomic E-state index is 11.6. The molecule has 0 unspecified atom stereocenters. The highest BCUT2D eigenvalue weighted by Gasteiger charge is 2.22. The normalized spacial score (nSPS) is 11.6. The summed E-state index contributed by atoms with van der Waals surface area (Å²) in [4.78, 5) is 27.0. The van der Waals surface area contributed by atoms with E-state index in [4.69, 9.17) is 27.1 Å². The number of amides is 2. The first-order valence-electron chi connectivity index (χ1n) is 12.7. The number of benzene rings is 3. The molecule has 212 valence electrons. The lowest BCUT2D eigenvalue weighted by atomic mass is 10.00. The number of carbonyl (C=O) groups excluding carboxylic acids is 2. The smallest absolute Gasteiger partial charge is 0.255 e. The van der Waals surface area contributed by atoms with Crippen molar-refractivity contribution in [2.24, 2.45) is 4.99 Å². The zero-order chi connectivity index (χ0) is 29.5. The van der Waals surface area contributed by atoms with Gasteiger partial charge in [0.2, 0.25) is 5.91 Å². The van der Waals surface area contributed by atoms with Gasteiger partial charge < -0.3 is 26.2 Å². The van der Waals surface area contributed by atoms with Crippen molar-refractivity contribution in [1.29, 1.82) is 0 Å². The number of carbonyl (C=O) groups is 2. The number of halogens is 1. The summed E-state index contributed by atoms with van der Waals surface area (Å²) in [7, 11) is 1.66. The number of aromatic hydroxyl groups is 1. The van der Waals surface area contributed by atoms with Crippen molar-refractivity contribution in [2.75, 3.05) is 25.9 Å². The van der Waals surface area contributed by atoms with Gasteiger partial charge in [-0.25, -0.2) is 0 Å². The fourth-order valence-electron chi connectivity index (χ4n) is 4.19. The number of nitrogens with two attached hydrogens (primary N) is 1. The topological polar surface area (TPSA) is 157 Å². The second kappa shape index (κ2) is 13.0. The predicted molar refractivity (Wildman–Crippen MR) is 157 cm³/mol. The number of nitrogens with one attached hydrogen (secondary N) is 2. The van der Waals surface area contributed by atoms with Gasteiger partial charge in [0.15, 0.2) is 11.6 Å². The number of hydrogen-bond acceptors (Lipinski definition) is 8. The number of aromatic nitrogens is 3. The largest absolute Gasteiger partial charge is 0.505 e. The number of rotatable bonds is 6. The molecule has 0 aliphatic carbocycles. The molecule has 1 aliphatic rings. The SMILES string of the molecule is CC(=O)NCCNC(=O)c1cccc(N)c1O.COc1ccc2c(c1)C(c1ccc(Cl)cc1)=NCc1nnc(C)n1-2. The van der Waals surface area contributed by atoms with Crippen molar-refractivity contribution in [3.05, 3.63) is 94.0 Å².